The minimum atomic E-state index is 0.304. The molecule has 0 aliphatic rings. The number of imidazole rings is 1. The molecule has 0 atom stereocenters. The minimum absolute atomic E-state index is 0.304. The van der Waals surface area contributed by atoms with Gasteiger partial charge in [-0.3, -0.25) is 0 Å². The molecule has 0 saturated heterocycles. The van der Waals surface area contributed by atoms with Crippen LogP contribution in [0.4, 0.5) is 0 Å². The zero-order valence-electron chi connectivity index (χ0n) is 12.5. The molecule has 21 heavy (non-hydrogen) atoms. The summed E-state index contributed by atoms with van der Waals surface area (Å²) in [7, 11) is 1.99. The Kier molecular flexibility index (Phi) is 3.52. The van der Waals surface area contributed by atoms with Gasteiger partial charge in [0.2, 0.25) is 0 Å². The molecule has 0 spiro atoms. The molecule has 4 heteroatoms. The van der Waals surface area contributed by atoms with Crippen LogP contribution in [0.15, 0.2) is 48.9 Å². The van der Waals surface area contributed by atoms with Gasteiger partial charge in [-0.2, -0.15) is 0 Å². The van der Waals surface area contributed by atoms with E-state index in [9.17, 15) is 0 Å². The molecule has 3 aromatic rings. The van der Waals surface area contributed by atoms with Crippen molar-refractivity contribution in [3.63, 3.8) is 0 Å². The molecule has 2 heterocycles. The lowest BCUT2D eigenvalue weighted by Crippen LogP contribution is -2.01. The lowest BCUT2D eigenvalue weighted by Gasteiger charge is -2.09. The Morgan fingerprint density at radius 3 is 2.48 bits per heavy atom. The first-order chi connectivity index (χ1) is 10.2. The third kappa shape index (κ3) is 2.57. The SMILES string of the molecule is CC(C)c1nccc(-c2c(-c3ccccc3)ncn2C)n1. The zero-order chi connectivity index (χ0) is 14.8. The van der Waals surface area contributed by atoms with E-state index in [4.69, 9.17) is 0 Å². The normalized spacial score (nSPS) is 11.0. The summed E-state index contributed by atoms with van der Waals surface area (Å²) < 4.78 is 2.01. The van der Waals surface area contributed by atoms with Crippen molar-refractivity contribution in [1.29, 1.82) is 0 Å². The molecule has 0 bridgehead atoms. The molecule has 0 saturated carbocycles. The van der Waals surface area contributed by atoms with Crippen LogP contribution in [0.1, 0.15) is 25.6 Å². The first-order valence-corrected chi connectivity index (χ1v) is 7.07. The van der Waals surface area contributed by atoms with Gasteiger partial charge >= 0.3 is 0 Å². The first kappa shape index (κ1) is 13.5. The standard InChI is InChI=1S/C17H18N4/c1-12(2)17-18-10-9-14(20-17)16-15(19-11-21(16)3)13-7-5-4-6-8-13/h4-12H,1-3H3. The van der Waals surface area contributed by atoms with Crippen molar-refractivity contribution < 1.29 is 0 Å². The second-order valence-electron chi connectivity index (χ2n) is 5.37. The lowest BCUT2D eigenvalue weighted by atomic mass is 10.1. The Bertz CT molecular complexity index is 744. The molecule has 4 nitrogen and oxygen atoms in total. The number of aryl methyl sites for hydroxylation is 1. The minimum Gasteiger partial charge on any atom is -0.332 e. The van der Waals surface area contributed by atoms with E-state index < -0.39 is 0 Å². The maximum Gasteiger partial charge on any atom is 0.131 e. The summed E-state index contributed by atoms with van der Waals surface area (Å²) in [5.41, 5.74) is 3.97. The Morgan fingerprint density at radius 2 is 1.76 bits per heavy atom. The lowest BCUT2D eigenvalue weighted by molar-refractivity contribution is 0.773. The highest BCUT2D eigenvalue weighted by Gasteiger charge is 2.15. The molecular formula is C17H18N4. The van der Waals surface area contributed by atoms with Crippen molar-refractivity contribution in [3.05, 3.63) is 54.7 Å². The van der Waals surface area contributed by atoms with Crippen LogP contribution in [0, 0.1) is 0 Å². The predicted molar refractivity (Wildman–Crippen MR) is 83.8 cm³/mol. The highest BCUT2D eigenvalue weighted by molar-refractivity contribution is 5.76. The molecular weight excluding hydrogens is 260 g/mol. The van der Waals surface area contributed by atoms with Crippen LogP contribution in [0.3, 0.4) is 0 Å². The van der Waals surface area contributed by atoms with Crippen LogP contribution in [-0.4, -0.2) is 19.5 Å². The second kappa shape index (κ2) is 5.48. The van der Waals surface area contributed by atoms with Crippen LogP contribution in [0.25, 0.3) is 22.6 Å². The summed E-state index contributed by atoms with van der Waals surface area (Å²) in [6, 6.07) is 12.1. The third-order valence-electron chi connectivity index (χ3n) is 3.42. The predicted octanol–water partition coefficient (Wildman–Crippen LogP) is 3.67. The fraction of sp³-hybridized carbons (Fsp3) is 0.235. The van der Waals surface area contributed by atoms with Gasteiger partial charge in [0.1, 0.15) is 5.82 Å². The van der Waals surface area contributed by atoms with E-state index in [-0.39, 0.29) is 0 Å². The van der Waals surface area contributed by atoms with E-state index in [1.807, 2.05) is 48.4 Å². The summed E-state index contributed by atoms with van der Waals surface area (Å²) in [5, 5.41) is 0. The van der Waals surface area contributed by atoms with Crippen LogP contribution >= 0.6 is 0 Å². The van der Waals surface area contributed by atoms with E-state index in [2.05, 4.69) is 40.9 Å². The summed E-state index contributed by atoms with van der Waals surface area (Å²) >= 11 is 0. The zero-order valence-corrected chi connectivity index (χ0v) is 12.5. The van der Waals surface area contributed by atoms with Crippen molar-refractivity contribution in [1.82, 2.24) is 19.5 Å². The van der Waals surface area contributed by atoms with Crippen LogP contribution in [-0.2, 0) is 7.05 Å². The van der Waals surface area contributed by atoms with Gasteiger partial charge in [0, 0.05) is 24.7 Å². The number of hydrogen-bond donors (Lipinski definition) is 0. The number of aromatic nitrogens is 4. The van der Waals surface area contributed by atoms with Crippen LogP contribution in [0.2, 0.25) is 0 Å². The Balaban J connectivity index is 2.15. The molecule has 3 rings (SSSR count). The van der Waals surface area contributed by atoms with Gasteiger partial charge in [0.25, 0.3) is 0 Å². The fourth-order valence-electron chi connectivity index (χ4n) is 2.32. The third-order valence-corrected chi connectivity index (χ3v) is 3.42. The second-order valence-corrected chi connectivity index (χ2v) is 5.37. The molecule has 0 fully saturated rings. The molecule has 0 aliphatic carbocycles. The summed E-state index contributed by atoms with van der Waals surface area (Å²) in [6.45, 7) is 4.20. The van der Waals surface area contributed by atoms with E-state index in [1.165, 1.54) is 0 Å². The number of hydrogen-bond acceptors (Lipinski definition) is 3. The van der Waals surface area contributed by atoms with Crippen molar-refractivity contribution >= 4 is 0 Å². The maximum absolute atomic E-state index is 4.69. The Morgan fingerprint density at radius 1 is 1.00 bits per heavy atom. The number of rotatable bonds is 3. The number of nitrogens with zero attached hydrogens (tertiary/aromatic N) is 4. The average Bonchev–Trinajstić information content (AvgIpc) is 2.90. The van der Waals surface area contributed by atoms with Crippen molar-refractivity contribution in [3.8, 4) is 22.6 Å². The molecule has 106 valence electrons. The molecule has 0 radical (unpaired) electrons. The van der Waals surface area contributed by atoms with Gasteiger partial charge in [0.15, 0.2) is 0 Å². The monoisotopic (exact) mass is 278 g/mol. The average molecular weight is 278 g/mol. The van der Waals surface area contributed by atoms with Gasteiger partial charge in [0.05, 0.1) is 23.4 Å². The van der Waals surface area contributed by atoms with Crippen LogP contribution in [0.5, 0.6) is 0 Å². The van der Waals surface area contributed by atoms with Crippen molar-refractivity contribution in [2.45, 2.75) is 19.8 Å². The summed E-state index contributed by atoms with van der Waals surface area (Å²) in [5.74, 6) is 1.16. The van der Waals surface area contributed by atoms with E-state index >= 15 is 0 Å². The van der Waals surface area contributed by atoms with Gasteiger partial charge in [-0.25, -0.2) is 15.0 Å². The van der Waals surface area contributed by atoms with Gasteiger partial charge in [-0.1, -0.05) is 44.2 Å². The smallest absolute Gasteiger partial charge is 0.131 e. The largest absolute Gasteiger partial charge is 0.332 e. The maximum atomic E-state index is 4.69. The van der Waals surface area contributed by atoms with Gasteiger partial charge in [-0.15, -0.1) is 0 Å². The molecule has 0 N–H and O–H groups in total. The highest BCUT2D eigenvalue weighted by atomic mass is 15.1. The van der Waals surface area contributed by atoms with Gasteiger partial charge < -0.3 is 4.57 Å². The Hall–Kier alpha value is -2.49. The van der Waals surface area contributed by atoms with E-state index in [0.717, 1.165) is 28.5 Å². The van der Waals surface area contributed by atoms with E-state index in [0.29, 0.717) is 5.92 Å². The highest BCUT2D eigenvalue weighted by Crippen LogP contribution is 2.29. The fourth-order valence-corrected chi connectivity index (χ4v) is 2.32. The Labute approximate surface area is 124 Å². The molecule has 0 aliphatic heterocycles. The molecule has 2 aromatic heterocycles. The van der Waals surface area contributed by atoms with Crippen molar-refractivity contribution in [2.75, 3.05) is 0 Å². The number of benzene rings is 1. The molecule has 1 aromatic carbocycles. The topological polar surface area (TPSA) is 43.6 Å². The van der Waals surface area contributed by atoms with Crippen LogP contribution < -0.4 is 0 Å². The summed E-state index contributed by atoms with van der Waals surface area (Å²) in [4.78, 5) is 13.6. The van der Waals surface area contributed by atoms with E-state index in [1.54, 1.807) is 0 Å². The molecule has 0 unspecified atom stereocenters. The van der Waals surface area contributed by atoms with Gasteiger partial charge in [-0.05, 0) is 6.07 Å². The summed E-state index contributed by atoms with van der Waals surface area (Å²) in [6.07, 6.45) is 3.65. The quantitative estimate of drug-likeness (QED) is 0.734. The first-order valence-electron chi connectivity index (χ1n) is 7.07. The van der Waals surface area contributed by atoms with Crippen molar-refractivity contribution in [2.24, 2.45) is 7.05 Å². The molecule has 0 amide bonds.